The van der Waals surface area contributed by atoms with E-state index in [-0.39, 0.29) is 11.9 Å². The highest BCUT2D eigenvalue weighted by atomic mass is 35.5. The van der Waals surface area contributed by atoms with Crippen LogP contribution in [-0.2, 0) is 4.79 Å². The molecule has 3 N–H and O–H groups in total. The van der Waals surface area contributed by atoms with Gasteiger partial charge in [-0.25, -0.2) is 0 Å². The van der Waals surface area contributed by atoms with Crippen molar-refractivity contribution < 1.29 is 4.79 Å². The lowest BCUT2D eigenvalue weighted by Crippen LogP contribution is -2.44. The van der Waals surface area contributed by atoms with E-state index >= 15 is 0 Å². The first-order valence-corrected chi connectivity index (χ1v) is 6.62. The highest BCUT2D eigenvalue weighted by molar-refractivity contribution is 6.31. The van der Waals surface area contributed by atoms with Gasteiger partial charge >= 0.3 is 0 Å². The number of nitrogens with one attached hydrogen (secondary N) is 1. The van der Waals surface area contributed by atoms with E-state index < -0.39 is 5.41 Å². The average Bonchev–Trinajstić information content (AvgIpc) is 2.73. The summed E-state index contributed by atoms with van der Waals surface area (Å²) in [6.45, 7) is 1.89. The molecule has 2 atom stereocenters. The molecular weight excluding hydrogens is 262 g/mol. The maximum absolute atomic E-state index is 12.3. The van der Waals surface area contributed by atoms with Gasteiger partial charge in [0.1, 0.15) is 6.07 Å². The van der Waals surface area contributed by atoms with Gasteiger partial charge < -0.3 is 11.1 Å². The summed E-state index contributed by atoms with van der Waals surface area (Å²) in [5.41, 5.74) is 6.40. The highest BCUT2D eigenvalue weighted by Gasteiger charge is 2.42. The average molecular weight is 278 g/mol. The minimum Gasteiger partial charge on any atom is -0.327 e. The Bertz CT molecular complexity index is 552. The summed E-state index contributed by atoms with van der Waals surface area (Å²) in [4.78, 5) is 12.3. The first-order valence-electron chi connectivity index (χ1n) is 6.24. The molecule has 0 aromatic heterocycles. The smallest absolute Gasteiger partial charge is 0.231 e. The Kier molecular flexibility index (Phi) is 3.79. The van der Waals surface area contributed by atoms with Crippen LogP contribution in [0.5, 0.6) is 0 Å². The zero-order chi connectivity index (χ0) is 14.0. The molecule has 1 amide bonds. The molecule has 1 aromatic rings. The van der Waals surface area contributed by atoms with Gasteiger partial charge in [0.05, 0.1) is 16.0 Å². The number of amides is 1. The molecular formula is C14H16ClN3O. The molecule has 0 saturated heterocycles. The number of halogens is 1. The predicted molar refractivity (Wildman–Crippen MR) is 74.7 cm³/mol. The molecule has 0 radical (unpaired) electrons. The Labute approximate surface area is 117 Å². The zero-order valence-corrected chi connectivity index (χ0v) is 11.5. The van der Waals surface area contributed by atoms with Gasteiger partial charge in [0, 0.05) is 11.7 Å². The van der Waals surface area contributed by atoms with E-state index in [0.29, 0.717) is 16.3 Å². The third kappa shape index (κ3) is 2.58. The van der Waals surface area contributed by atoms with Crippen LogP contribution >= 0.6 is 11.6 Å². The molecule has 0 bridgehead atoms. The van der Waals surface area contributed by atoms with E-state index in [4.69, 9.17) is 22.6 Å². The van der Waals surface area contributed by atoms with Crippen LogP contribution in [0.4, 0.5) is 5.69 Å². The topological polar surface area (TPSA) is 78.9 Å². The molecule has 5 heteroatoms. The molecule has 4 nitrogen and oxygen atoms in total. The van der Waals surface area contributed by atoms with Crippen molar-refractivity contribution in [2.24, 2.45) is 11.1 Å². The van der Waals surface area contributed by atoms with Crippen LogP contribution in [0.1, 0.15) is 31.7 Å². The second-order valence-corrected chi connectivity index (χ2v) is 5.58. The molecule has 1 saturated carbocycles. The summed E-state index contributed by atoms with van der Waals surface area (Å²) < 4.78 is 0. The fraction of sp³-hybridized carbons (Fsp3) is 0.429. The van der Waals surface area contributed by atoms with Crippen LogP contribution in [0.15, 0.2) is 18.2 Å². The van der Waals surface area contributed by atoms with Gasteiger partial charge in [-0.15, -0.1) is 0 Å². The summed E-state index contributed by atoms with van der Waals surface area (Å²) in [6.07, 6.45) is 2.63. The monoisotopic (exact) mass is 277 g/mol. The Morgan fingerprint density at radius 3 is 2.95 bits per heavy atom. The van der Waals surface area contributed by atoms with E-state index in [1.54, 1.807) is 18.2 Å². The third-order valence-corrected chi connectivity index (χ3v) is 4.22. The van der Waals surface area contributed by atoms with Gasteiger partial charge in [0.25, 0.3) is 0 Å². The number of nitrogens with two attached hydrogens (primary N) is 1. The minimum absolute atomic E-state index is 0.0938. The van der Waals surface area contributed by atoms with Crippen LogP contribution in [0.3, 0.4) is 0 Å². The van der Waals surface area contributed by atoms with Gasteiger partial charge in [-0.05, 0) is 38.0 Å². The number of carbonyl (C=O) groups is 1. The van der Waals surface area contributed by atoms with Gasteiger partial charge in [0.15, 0.2) is 0 Å². The van der Waals surface area contributed by atoms with E-state index in [1.807, 2.05) is 13.0 Å². The van der Waals surface area contributed by atoms with Gasteiger partial charge in [-0.2, -0.15) is 5.26 Å². The second kappa shape index (κ2) is 5.20. The van der Waals surface area contributed by atoms with Crippen LogP contribution in [-0.4, -0.2) is 11.9 Å². The maximum atomic E-state index is 12.3. The Hall–Kier alpha value is -1.57. The van der Waals surface area contributed by atoms with Crippen molar-refractivity contribution >= 4 is 23.2 Å². The SMILES string of the molecule is CC1(C(=O)Nc2ccc(Cl)c(C#N)c2)CCCC1N. The molecule has 2 rings (SSSR count). The molecule has 0 spiro atoms. The fourth-order valence-corrected chi connectivity index (χ4v) is 2.60. The molecule has 100 valence electrons. The van der Waals surface area contributed by atoms with Gasteiger partial charge in [-0.3, -0.25) is 4.79 Å². The second-order valence-electron chi connectivity index (χ2n) is 5.18. The van der Waals surface area contributed by atoms with Crippen molar-refractivity contribution in [2.75, 3.05) is 5.32 Å². The first kappa shape index (κ1) is 13.9. The van der Waals surface area contributed by atoms with E-state index in [0.717, 1.165) is 19.3 Å². The van der Waals surface area contributed by atoms with E-state index in [9.17, 15) is 4.79 Å². The van der Waals surface area contributed by atoms with Crippen LogP contribution < -0.4 is 11.1 Å². The molecule has 0 heterocycles. The van der Waals surface area contributed by atoms with Gasteiger partial charge in [-0.1, -0.05) is 18.0 Å². The molecule has 1 fully saturated rings. The zero-order valence-electron chi connectivity index (χ0n) is 10.7. The number of hydrogen-bond acceptors (Lipinski definition) is 3. The summed E-state index contributed by atoms with van der Waals surface area (Å²) >= 11 is 5.86. The molecule has 19 heavy (non-hydrogen) atoms. The van der Waals surface area contributed by atoms with Crippen molar-refractivity contribution in [1.82, 2.24) is 0 Å². The van der Waals surface area contributed by atoms with Gasteiger partial charge in [0.2, 0.25) is 5.91 Å². The van der Waals surface area contributed by atoms with Crippen LogP contribution in [0.25, 0.3) is 0 Å². The summed E-state index contributed by atoms with van der Waals surface area (Å²) in [7, 11) is 0. The number of carbonyl (C=O) groups excluding carboxylic acids is 1. The number of nitrogens with zero attached hydrogens (tertiary/aromatic N) is 1. The van der Waals surface area contributed by atoms with E-state index in [1.165, 1.54) is 0 Å². The van der Waals surface area contributed by atoms with Crippen LogP contribution in [0.2, 0.25) is 5.02 Å². The minimum atomic E-state index is -0.535. The lowest BCUT2D eigenvalue weighted by Gasteiger charge is -2.27. The standard InChI is InChI=1S/C14H16ClN3O/c1-14(6-2-3-12(14)17)13(19)18-10-4-5-11(15)9(7-10)8-16/h4-5,7,12H,2-3,6,17H2,1H3,(H,18,19). The predicted octanol–water partition coefficient (Wildman–Crippen LogP) is 2.67. The normalized spacial score (nSPS) is 25.9. The first-order chi connectivity index (χ1) is 8.97. The van der Waals surface area contributed by atoms with E-state index in [2.05, 4.69) is 5.32 Å². The molecule has 1 aliphatic rings. The van der Waals surface area contributed by atoms with Crippen molar-refractivity contribution in [1.29, 1.82) is 5.26 Å². The van der Waals surface area contributed by atoms with Crippen molar-refractivity contribution in [3.8, 4) is 6.07 Å². The number of nitriles is 1. The highest BCUT2D eigenvalue weighted by Crippen LogP contribution is 2.37. The lowest BCUT2D eigenvalue weighted by atomic mass is 9.84. The van der Waals surface area contributed by atoms with Crippen molar-refractivity contribution in [3.63, 3.8) is 0 Å². The molecule has 2 unspecified atom stereocenters. The number of anilines is 1. The number of hydrogen-bond donors (Lipinski definition) is 2. The van der Waals surface area contributed by atoms with Crippen molar-refractivity contribution in [2.45, 2.75) is 32.2 Å². The Morgan fingerprint density at radius 2 is 2.37 bits per heavy atom. The summed E-state index contributed by atoms with van der Waals surface area (Å²) in [5, 5.41) is 12.1. The summed E-state index contributed by atoms with van der Waals surface area (Å²) in [5.74, 6) is -0.0938. The molecule has 1 aliphatic carbocycles. The third-order valence-electron chi connectivity index (χ3n) is 3.89. The Morgan fingerprint density at radius 1 is 1.63 bits per heavy atom. The lowest BCUT2D eigenvalue weighted by molar-refractivity contribution is -0.125. The maximum Gasteiger partial charge on any atom is 0.231 e. The molecule has 1 aromatic carbocycles. The largest absolute Gasteiger partial charge is 0.327 e. The van der Waals surface area contributed by atoms with Crippen molar-refractivity contribution in [3.05, 3.63) is 28.8 Å². The fourth-order valence-electron chi connectivity index (χ4n) is 2.44. The van der Waals surface area contributed by atoms with Crippen LogP contribution in [0, 0.1) is 16.7 Å². The summed E-state index contributed by atoms with van der Waals surface area (Å²) in [6, 6.07) is 6.74. The number of rotatable bonds is 2. The Balaban J connectivity index is 2.18. The molecule has 0 aliphatic heterocycles. The number of benzene rings is 1. The quantitative estimate of drug-likeness (QED) is 0.872.